The van der Waals surface area contributed by atoms with Crippen molar-refractivity contribution in [3.05, 3.63) is 29.6 Å². The fourth-order valence-corrected chi connectivity index (χ4v) is 3.40. The lowest BCUT2D eigenvalue weighted by Crippen LogP contribution is -2.30. The number of aromatic amines is 2. The van der Waals surface area contributed by atoms with E-state index in [9.17, 15) is 4.79 Å². The van der Waals surface area contributed by atoms with Gasteiger partial charge in [0.25, 0.3) is 5.91 Å². The van der Waals surface area contributed by atoms with Gasteiger partial charge in [-0.3, -0.25) is 15.0 Å². The number of amides is 1. The number of carbonyl (C=O) groups is 1. The predicted molar refractivity (Wildman–Crippen MR) is 80.8 cm³/mol. The van der Waals surface area contributed by atoms with E-state index in [2.05, 4.69) is 20.4 Å². The summed E-state index contributed by atoms with van der Waals surface area (Å²) in [5.41, 5.74) is 0.584. The summed E-state index contributed by atoms with van der Waals surface area (Å²) >= 11 is 0. The Morgan fingerprint density at radius 3 is 2.96 bits per heavy atom. The number of aromatic nitrogens is 5. The second kappa shape index (κ2) is 6.11. The fourth-order valence-electron chi connectivity index (χ4n) is 3.40. The van der Waals surface area contributed by atoms with Gasteiger partial charge in [0, 0.05) is 31.9 Å². The topological polar surface area (TPSA) is 99.8 Å². The highest BCUT2D eigenvalue weighted by Crippen LogP contribution is 2.32. The Labute approximate surface area is 133 Å². The lowest BCUT2D eigenvalue weighted by molar-refractivity contribution is 0.0730. The van der Waals surface area contributed by atoms with E-state index < -0.39 is 0 Å². The second-order valence-corrected chi connectivity index (χ2v) is 6.11. The van der Waals surface area contributed by atoms with Crippen molar-refractivity contribution in [2.24, 2.45) is 0 Å². The highest BCUT2D eigenvalue weighted by molar-refractivity contribution is 5.94. The summed E-state index contributed by atoms with van der Waals surface area (Å²) in [6, 6.07) is -0.0292. The van der Waals surface area contributed by atoms with Crippen LogP contribution in [0.4, 0.5) is 0 Å². The number of hydrogen-bond donors (Lipinski definition) is 2. The molecule has 2 N–H and O–H groups in total. The van der Waals surface area contributed by atoms with Crippen molar-refractivity contribution in [2.45, 2.75) is 37.6 Å². The van der Waals surface area contributed by atoms with Crippen LogP contribution in [0.5, 0.6) is 0 Å². The van der Waals surface area contributed by atoms with Crippen molar-refractivity contribution in [3.63, 3.8) is 0 Å². The van der Waals surface area contributed by atoms with Crippen molar-refractivity contribution in [1.82, 2.24) is 30.3 Å². The van der Waals surface area contributed by atoms with Gasteiger partial charge < -0.3 is 9.64 Å². The van der Waals surface area contributed by atoms with E-state index in [-0.39, 0.29) is 11.9 Å². The van der Waals surface area contributed by atoms with Crippen molar-refractivity contribution >= 4 is 5.91 Å². The van der Waals surface area contributed by atoms with Crippen molar-refractivity contribution in [2.75, 3.05) is 19.8 Å². The van der Waals surface area contributed by atoms with Gasteiger partial charge in [-0.1, -0.05) is 0 Å². The molecule has 4 heterocycles. The van der Waals surface area contributed by atoms with E-state index in [4.69, 9.17) is 9.72 Å². The summed E-state index contributed by atoms with van der Waals surface area (Å²) in [6.07, 6.45) is 6.99. The van der Waals surface area contributed by atoms with Gasteiger partial charge in [-0.25, -0.2) is 4.98 Å². The van der Waals surface area contributed by atoms with E-state index in [0.29, 0.717) is 11.5 Å². The summed E-state index contributed by atoms with van der Waals surface area (Å²) in [4.78, 5) is 19.1. The lowest BCUT2D eigenvalue weighted by atomic mass is 10.00. The zero-order valence-corrected chi connectivity index (χ0v) is 12.9. The second-order valence-electron chi connectivity index (χ2n) is 6.11. The smallest absolute Gasteiger partial charge is 0.257 e. The molecule has 2 aromatic rings. The number of hydrogen-bond acceptors (Lipinski definition) is 5. The first-order valence-electron chi connectivity index (χ1n) is 8.12. The highest BCUT2D eigenvalue weighted by Gasteiger charge is 2.34. The first-order chi connectivity index (χ1) is 11.3. The molecule has 2 aliphatic rings. The third-order valence-electron chi connectivity index (χ3n) is 4.68. The van der Waals surface area contributed by atoms with E-state index in [0.717, 1.165) is 57.1 Å². The summed E-state index contributed by atoms with van der Waals surface area (Å²) in [5, 5.41) is 14.0. The number of ether oxygens (including phenoxy) is 1. The molecule has 122 valence electrons. The summed E-state index contributed by atoms with van der Waals surface area (Å²) in [5.74, 6) is 1.99. The van der Waals surface area contributed by atoms with Crippen LogP contribution < -0.4 is 0 Å². The molecular formula is C15H20N6O2. The van der Waals surface area contributed by atoms with Crippen LogP contribution in [-0.2, 0) is 4.74 Å². The van der Waals surface area contributed by atoms with Crippen LogP contribution in [0.25, 0.3) is 0 Å². The molecule has 1 amide bonds. The van der Waals surface area contributed by atoms with Crippen molar-refractivity contribution in [3.8, 4) is 0 Å². The maximum absolute atomic E-state index is 12.6. The Morgan fingerprint density at radius 1 is 1.30 bits per heavy atom. The quantitative estimate of drug-likeness (QED) is 0.891. The zero-order chi connectivity index (χ0) is 15.6. The standard InChI is InChI=1S/C15H20N6O2/c22-15(11-8-16-17-9-11)21-5-1-2-12(21)14-18-13(19-20-14)10-3-6-23-7-4-10/h8-10,12H,1-7H2,(H,16,17)(H,18,19,20)/t12-/m0/s1. The maximum atomic E-state index is 12.6. The monoisotopic (exact) mass is 316 g/mol. The number of nitrogens with one attached hydrogen (secondary N) is 2. The van der Waals surface area contributed by atoms with Crippen LogP contribution in [0, 0.1) is 0 Å². The molecule has 1 atom stereocenters. The van der Waals surface area contributed by atoms with Crippen LogP contribution in [0.3, 0.4) is 0 Å². The molecule has 2 fully saturated rings. The maximum Gasteiger partial charge on any atom is 0.257 e. The number of carbonyl (C=O) groups excluding carboxylic acids is 1. The van der Waals surface area contributed by atoms with Gasteiger partial charge in [-0.2, -0.15) is 10.2 Å². The molecule has 0 bridgehead atoms. The number of H-pyrrole nitrogens is 2. The minimum absolute atomic E-state index is 0.00901. The van der Waals surface area contributed by atoms with Gasteiger partial charge in [0.15, 0.2) is 5.82 Å². The van der Waals surface area contributed by atoms with Gasteiger partial charge in [-0.05, 0) is 25.7 Å². The Morgan fingerprint density at radius 2 is 2.17 bits per heavy atom. The molecule has 0 saturated carbocycles. The molecule has 2 aliphatic heterocycles. The van der Waals surface area contributed by atoms with Gasteiger partial charge >= 0.3 is 0 Å². The molecule has 0 radical (unpaired) electrons. The minimum atomic E-state index is -0.0292. The molecular weight excluding hydrogens is 296 g/mol. The number of likely N-dealkylation sites (tertiary alicyclic amines) is 1. The van der Waals surface area contributed by atoms with Gasteiger partial charge in [-0.15, -0.1) is 0 Å². The summed E-state index contributed by atoms with van der Waals surface area (Å²) < 4.78 is 5.39. The van der Waals surface area contributed by atoms with E-state index >= 15 is 0 Å². The largest absolute Gasteiger partial charge is 0.381 e. The van der Waals surface area contributed by atoms with Crippen LogP contribution in [0.2, 0.25) is 0 Å². The van der Waals surface area contributed by atoms with Crippen LogP contribution in [0.15, 0.2) is 12.4 Å². The minimum Gasteiger partial charge on any atom is -0.381 e. The summed E-state index contributed by atoms with van der Waals surface area (Å²) in [6.45, 7) is 2.27. The Hall–Kier alpha value is -2.22. The van der Waals surface area contributed by atoms with Crippen LogP contribution >= 0.6 is 0 Å². The molecule has 0 spiro atoms. The number of rotatable bonds is 3. The molecule has 2 saturated heterocycles. The number of nitrogens with zero attached hydrogens (tertiary/aromatic N) is 4. The Bertz CT molecular complexity index is 661. The molecule has 0 aliphatic carbocycles. The predicted octanol–water partition coefficient (Wildman–Crippen LogP) is 1.40. The molecule has 2 aromatic heterocycles. The SMILES string of the molecule is O=C(c1cn[nH]c1)N1CCC[C@H]1c1nc(C2CCOCC2)n[nH]1. The average Bonchev–Trinajstić information content (AvgIpc) is 3.35. The van der Waals surface area contributed by atoms with Gasteiger partial charge in [0.05, 0.1) is 17.8 Å². The first kappa shape index (κ1) is 14.4. The summed E-state index contributed by atoms with van der Waals surface area (Å²) in [7, 11) is 0. The fraction of sp³-hybridized carbons (Fsp3) is 0.600. The zero-order valence-electron chi connectivity index (χ0n) is 12.9. The van der Waals surface area contributed by atoms with Gasteiger partial charge in [0.1, 0.15) is 5.82 Å². The van der Waals surface area contributed by atoms with Crippen molar-refractivity contribution in [1.29, 1.82) is 0 Å². The van der Waals surface area contributed by atoms with E-state index in [1.54, 1.807) is 12.4 Å². The Kier molecular flexibility index (Phi) is 3.82. The first-order valence-corrected chi connectivity index (χ1v) is 8.12. The van der Waals surface area contributed by atoms with Crippen LogP contribution in [0.1, 0.15) is 59.6 Å². The molecule has 0 aromatic carbocycles. The average molecular weight is 316 g/mol. The Balaban J connectivity index is 1.52. The molecule has 4 rings (SSSR count). The molecule has 0 unspecified atom stereocenters. The van der Waals surface area contributed by atoms with Gasteiger partial charge in [0.2, 0.25) is 0 Å². The lowest BCUT2D eigenvalue weighted by Gasteiger charge is -2.22. The molecule has 8 nitrogen and oxygen atoms in total. The molecule has 23 heavy (non-hydrogen) atoms. The van der Waals surface area contributed by atoms with Crippen molar-refractivity contribution < 1.29 is 9.53 Å². The van der Waals surface area contributed by atoms with Crippen LogP contribution in [-0.4, -0.2) is 55.9 Å². The normalized spacial score (nSPS) is 22.6. The van der Waals surface area contributed by atoms with E-state index in [1.807, 2.05) is 4.90 Å². The third kappa shape index (κ3) is 2.74. The highest BCUT2D eigenvalue weighted by atomic mass is 16.5. The van der Waals surface area contributed by atoms with E-state index in [1.165, 1.54) is 0 Å². The molecule has 8 heteroatoms. The third-order valence-corrected chi connectivity index (χ3v) is 4.68.